The average molecular weight is 295 g/mol. The van der Waals surface area contributed by atoms with Crippen molar-refractivity contribution >= 4 is 27.2 Å². The first-order valence-electron chi connectivity index (χ1n) is 7.38. The van der Waals surface area contributed by atoms with Crippen LogP contribution in [0, 0.1) is 0 Å². The van der Waals surface area contributed by atoms with E-state index >= 15 is 0 Å². The molecule has 1 aromatic heterocycles. The van der Waals surface area contributed by atoms with Gasteiger partial charge < -0.3 is 5.32 Å². The summed E-state index contributed by atoms with van der Waals surface area (Å²) in [6.07, 6.45) is 2.55. The fourth-order valence-corrected chi connectivity index (χ4v) is 3.53. The fraction of sp³-hybridized carbons (Fsp3) is 0.294. The zero-order valence-corrected chi connectivity index (χ0v) is 12.7. The van der Waals surface area contributed by atoms with E-state index in [1.165, 1.54) is 34.2 Å². The van der Waals surface area contributed by atoms with Crippen LogP contribution in [0.25, 0.3) is 10.8 Å². The molecular weight excluding hydrogens is 278 g/mol. The Morgan fingerprint density at radius 3 is 2.71 bits per heavy atom. The number of hydrogen-bond donors (Lipinski definition) is 1. The molecule has 1 saturated carbocycles. The highest BCUT2D eigenvalue weighted by Crippen LogP contribution is 2.42. The zero-order valence-electron chi connectivity index (χ0n) is 11.9. The van der Waals surface area contributed by atoms with E-state index in [0.717, 1.165) is 5.13 Å². The van der Waals surface area contributed by atoms with Crippen LogP contribution in [-0.4, -0.2) is 10.2 Å². The van der Waals surface area contributed by atoms with Crippen molar-refractivity contribution in [1.29, 1.82) is 0 Å². The standard InChI is InChI=1S/C17H17N3S/c1-11(18-17-20-19-16(21-17)13-7-8-13)14-9-6-12-4-2-3-5-15(12)10-14/h2-6,9-11,13H,7-8H2,1H3,(H,18,20). The van der Waals surface area contributed by atoms with E-state index < -0.39 is 0 Å². The minimum absolute atomic E-state index is 0.231. The Morgan fingerprint density at radius 1 is 1.10 bits per heavy atom. The Labute approximate surface area is 128 Å². The summed E-state index contributed by atoms with van der Waals surface area (Å²) < 4.78 is 0. The predicted octanol–water partition coefficient (Wildman–Crippen LogP) is 4.74. The maximum absolute atomic E-state index is 4.28. The van der Waals surface area contributed by atoms with Crippen molar-refractivity contribution in [2.45, 2.75) is 31.7 Å². The van der Waals surface area contributed by atoms with Gasteiger partial charge in [0.1, 0.15) is 5.01 Å². The summed E-state index contributed by atoms with van der Waals surface area (Å²) in [7, 11) is 0. The van der Waals surface area contributed by atoms with Crippen LogP contribution in [0.3, 0.4) is 0 Å². The maximum atomic E-state index is 4.28. The number of nitrogens with zero attached hydrogens (tertiary/aromatic N) is 2. The number of anilines is 1. The van der Waals surface area contributed by atoms with E-state index in [0.29, 0.717) is 5.92 Å². The second-order valence-electron chi connectivity index (χ2n) is 5.69. The molecule has 0 spiro atoms. The van der Waals surface area contributed by atoms with Gasteiger partial charge in [0.05, 0.1) is 6.04 Å². The molecular formula is C17H17N3S. The highest BCUT2D eigenvalue weighted by Gasteiger charge is 2.27. The maximum Gasteiger partial charge on any atom is 0.206 e. The third-order valence-electron chi connectivity index (χ3n) is 3.98. The van der Waals surface area contributed by atoms with Crippen LogP contribution >= 0.6 is 11.3 Å². The molecule has 0 aliphatic heterocycles. The molecule has 1 atom stereocenters. The first-order chi connectivity index (χ1) is 10.3. The lowest BCUT2D eigenvalue weighted by Crippen LogP contribution is -2.06. The monoisotopic (exact) mass is 295 g/mol. The van der Waals surface area contributed by atoms with Gasteiger partial charge in [-0.05, 0) is 42.2 Å². The molecule has 1 aliphatic rings. The molecule has 1 N–H and O–H groups in total. The molecule has 21 heavy (non-hydrogen) atoms. The van der Waals surface area contributed by atoms with Gasteiger partial charge >= 0.3 is 0 Å². The van der Waals surface area contributed by atoms with Gasteiger partial charge in [0, 0.05) is 5.92 Å². The Bertz CT molecular complexity index is 776. The normalized spacial score (nSPS) is 16.0. The molecule has 0 saturated heterocycles. The van der Waals surface area contributed by atoms with Crippen LogP contribution in [0.15, 0.2) is 42.5 Å². The van der Waals surface area contributed by atoms with Crippen molar-refractivity contribution in [3.8, 4) is 0 Å². The molecule has 1 fully saturated rings. The molecule has 1 heterocycles. The van der Waals surface area contributed by atoms with Gasteiger partial charge in [0.2, 0.25) is 5.13 Å². The predicted molar refractivity (Wildman–Crippen MR) is 87.9 cm³/mol. The lowest BCUT2D eigenvalue weighted by molar-refractivity contribution is 0.871. The minimum atomic E-state index is 0.231. The van der Waals surface area contributed by atoms with E-state index in [1.807, 2.05) is 0 Å². The van der Waals surface area contributed by atoms with Crippen LogP contribution in [0.5, 0.6) is 0 Å². The molecule has 0 amide bonds. The number of rotatable bonds is 4. The molecule has 0 bridgehead atoms. The van der Waals surface area contributed by atoms with Gasteiger partial charge in [-0.3, -0.25) is 0 Å². The molecule has 106 valence electrons. The van der Waals surface area contributed by atoms with E-state index in [9.17, 15) is 0 Å². The largest absolute Gasteiger partial charge is 0.354 e. The SMILES string of the molecule is CC(Nc1nnc(C2CC2)s1)c1ccc2ccccc2c1. The van der Waals surface area contributed by atoms with Gasteiger partial charge in [-0.2, -0.15) is 0 Å². The van der Waals surface area contributed by atoms with Crippen LogP contribution in [0.1, 0.15) is 42.3 Å². The summed E-state index contributed by atoms with van der Waals surface area (Å²) >= 11 is 1.70. The average Bonchev–Trinajstić information content (AvgIpc) is 3.27. The summed E-state index contributed by atoms with van der Waals surface area (Å²) in [5, 5.41) is 16.7. The summed E-state index contributed by atoms with van der Waals surface area (Å²) in [4.78, 5) is 0. The van der Waals surface area contributed by atoms with Crippen LogP contribution in [0.2, 0.25) is 0 Å². The second kappa shape index (κ2) is 5.11. The molecule has 1 aliphatic carbocycles. The Balaban J connectivity index is 1.55. The molecule has 0 radical (unpaired) electrons. The highest BCUT2D eigenvalue weighted by atomic mass is 32.1. The van der Waals surface area contributed by atoms with E-state index in [2.05, 4.69) is 64.9 Å². The van der Waals surface area contributed by atoms with Crippen LogP contribution < -0.4 is 5.32 Å². The van der Waals surface area contributed by atoms with Gasteiger partial charge in [-0.15, -0.1) is 10.2 Å². The van der Waals surface area contributed by atoms with Crippen molar-refractivity contribution in [2.75, 3.05) is 5.32 Å². The first-order valence-corrected chi connectivity index (χ1v) is 8.20. The summed E-state index contributed by atoms with van der Waals surface area (Å²) in [6, 6.07) is 15.3. The van der Waals surface area contributed by atoms with Crippen molar-refractivity contribution in [1.82, 2.24) is 10.2 Å². The molecule has 3 aromatic rings. The van der Waals surface area contributed by atoms with Crippen molar-refractivity contribution < 1.29 is 0 Å². The first kappa shape index (κ1) is 12.8. The highest BCUT2D eigenvalue weighted by molar-refractivity contribution is 7.15. The van der Waals surface area contributed by atoms with Crippen molar-refractivity contribution in [2.24, 2.45) is 0 Å². The summed E-state index contributed by atoms with van der Waals surface area (Å²) in [6.45, 7) is 2.17. The molecule has 2 aromatic carbocycles. The Hall–Kier alpha value is -1.94. The lowest BCUT2D eigenvalue weighted by atomic mass is 10.0. The zero-order chi connectivity index (χ0) is 14.2. The number of hydrogen-bond acceptors (Lipinski definition) is 4. The van der Waals surface area contributed by atoms with Crippen molar-refractivity contribution in [3.05, 3.63) is 53.0 Å². The summed E-state index contributed by atoms with van der Waals surface area (Å²) in [5.74, 6) is 0.675. The minimum Gasteiger partial charge on any atom is -0.354 e. The van der Waals surface area contributed by atoms with Crippen LogP contribution in [-0.2, 0) is 0 Å². The van der Waals surface area contributed by atoms with Crippen molar-refractivity contribution in [3.63, 3.8) is 0 Å². The van der Waals surface area contributed by atoms with E-state index in [-0.39, 0.29) is 6.04 Å². The molecule has 3 nitrogen and oxygen atoms in total. The lowest BCUT2D eigenvalue weighted by Gasteiger charge is -2.13. The Kier molecular flexibility index (Phi) is 3.11. The van der Waals surface area contributed by atoms with Gasteiger partial charge in [0.15, 0.2) is 0 Å². The number of fused-ring (bicyclic) bond motifs is 1. The molecule has 4 heteroatoms. The smallest absolute Gasteiger partial charge is 0.206 e. The van der Waals surface area contributed by atoms with E-state index in [1.54, 1.807) is 11.3 Å². The molecule has 4 rings (SSSR count). The summed E-state index contributed by atoms with van der Waals surface area (Å²) in [5.41, 5.74) is 1.27. The van der Waals surface area contributed by atoms with Gasteiger partial charge in [-0.1, -0.05) is 47.7 Å². The van der Waals surface area contributed by atoms with Gasteiger partial charge in [-0.25, -0.2) is 0 Å². The third-order valence-corrected chi connectivity index (χ3v) is 5.00. The van der Waals surface area contributed by atoms with Gasteiger partial charge in [0.25, 0.3) is 0 Å². The topological polar surface area (TPSA) is 37.8 Å². The molecule has 1 unspecified atom stereocenters. The van der Waals surface area contributed by atoms with Crippen LogP contribution in [0.4, 0.5) is 5.13 Å². The van der Waals surface area contributed by atoms with E-state index in [4.69, 9.17) is 0 Å². The second-order valence-corrected chi connectivity index (χ2v) is 6.70. The fourth-order valence-electron chi connectivity index (χ4n) is 2.53. The Morgan fingerprint density at radius 2 is 1.90 bits per heavy atom. The number of nitrogens with one attached hydrogen (secondary N) is 1. The number of benzene rings is 2. The quantitative estimate of drug-likeness (QED) is 0.755. The number of aromatic nitrogens is 2. The third kappa shape index (κ3) is 2.63.